The van der Waals surface area contributed by atoms with Crippen molar-refractivity contribution in [2.75, 3.05) is 19.8 Å². The van der Waals surface area contributed by atoms with Crippen molar-refractivity contribution in [3.8, 4) is 11.5 Å². The van der Waals surface area contributed by atoms with Crippen LogP contribution in [0.5, 0.6) is 11.5 Å². The fourth-order valence-electron chi connectivity index (χ4n) is 1.79. The first-order chi connectivity index (χ1) is 9.71. The molecule has 0 unspecified atom stereocenters. The summed E-state index contributed by atoms with van der Waals surface area (Å²) >= 11 is 0. The van der Waals surface area contributed by atoms with E-state index in [0.717, 1.165) is 23.5 Å². The Labute approximate surface area is 120 Å². The van der Waals surface area contributed by atoms with Gasteiger partial charge in [-0.25, -0.2) is 0 Å². The number of ether oxygens (including phenoxy) is 2. The molecule has 1 N–H and O–H groups in total. The minimum absolute atomic E-state index is 0.0662. The average Bonchev–Trinajstić information content (AvgIpc) is 2.42. The van der Waals surface area contributed by atoms with Crippen LogP contribution in [0, 0.1) is 0 Å². The minimum atomic E-state index is -0.0662. The predicted molar refractivity (Wildman–Crippen MR) is 80.3 cm³/mol. The predicted octanol–water partition coefficient (Wildman–Crippen LogP) is 2.72. The SMILES string of the molecule is C/C=C/C(=O)NCCc1ccc(OCC)c(OCC)c1. The van der Waals surface area contributed by atoms with E-state index in [4.69, 9.17) is 9.47 Å². The topological polar surface area (TPSA) is 47.6 Å². The lowest BCUT2D eigenvalue weighted by atomic mass is 10.1. The van der Waals surface area contributed by atoms with E-state index in [1.54, 1.807) is 6.08 Å². The van der Waals surface area contributed by atoms with Crippen molar-refractivity contribution in [1.29, 1.82) is 0 Å². The van der Waals surface area contributed by atoms with Gasteiger partial charge in [-0.2, -0.15) is 0 Å². The van der Waals surface area contributed by atoms with Crippen LogP contribution in [0.1, 0.15) is 26.3 Å². The third-order valence-electron chi connectivity index (χ3n) is 2.64. The molecule has 1 rings (SSSR count). The Morgan fingerprint density at radius 1 is 1.20 bits per heavy atom. The van der Waals surface area contributed by atoms with E-state index in [0.29, 0.717) is 19.8 Å². The molecule has 4 nitrogen and oxygen atoms in total. The highest BCUT2D eigenvalue weighted by Gasteiger charge is 2.06. The molecule has 0 bridgehead atoms. The van der Waals surface area contributed by atoms with Gasteiger partial charge in [0.2, 0.25) is 5.91 Å². The highest BCUT2D eigenvalue weighted by molar-refractivity contribution is 5.87. The highest BCUT2D eigenvalue weighted by Crippen LogP contribution is 2.28. The molecule has 0 spiro atoms. The summed E-state index contributed by atoms with van der Waals surface area (Å²) in [6.45, 7) is 7.52. The molecule has 1 aromatic rings. The second-order valence-electron chi connectivity index (χ2n) is 4.19. The van der Waals surface area contributed by atoms with Gasteiger partial charge in [-0.3, -0.25) is 4.79 Å². The van der Waals surface area contributed by atoms with E-state index in [1.807, 2.05) is 39.0 Å². The van der Waals surface area contributed by atoms with Crippen molar-refractivity contribution in [2.45, 2.75) is 27.2 Å². The van der Waals surface area contributed by atoms with E-state index in [2.05, 4.69) is 5.32 Å². The van der Waals surface area contributed by atoms with E-state index in [-0.39, 0.29) is 5.91 Å². The maximum absolute atomic E-state index is 11.3. The summed E-state index contributed by atoms with van der Waals surface area (Å²) in [6.07, 6.45) is 4.00. The molecule has 0 aliphatic rings. The monoisotopic (exact) mass is 277 g/mol. The molecule has 0 atom stereocenters. The van der Waals surface area contributed by atoms with Crippen molar-refractivity contribution < 1.29 is 14.3 Å². The molecule has 0 heterocycles. The third kappa shape index (κ3) is 5.34. The van der Waals surface area contributed by atoms with Crippen LogP contribution in [0.4, 0.5) is 0 Å². The van der Waals surface area contributed by atoms with Crippen LogP contribution < -0.4 is 14.8 Å². The Balaban J connectivity index is 2.62. The number of nitrogens with one attached hydrogen (secondary N) is 1. The van der Waals surface area contributed by atoms with Gasteiger partial charge in [0.25, 0.3) is 0 Å². The van der Waals surface area contributed by atoms with Gasteiger partial charge >= 0.3 is 0 Å². The second-order valence-corrected chi connectivity index (χ2v) is 4.19. The number of amides is 1. The van der Waals surface area contributed by atoms with Gasteiger partial charge in [-0.15, -0.1) is 0 Å². The van der Waals surface area contributed by atoms with Crippen LogP contribution in [-0.4, -0.2) is 25.7 Å². The normalized spacial score (nSPS) is 10.6. The number of benzene rings is 1. The molecule has 0 saturated heterocycles. The van der Waals surface area contributed by atoms with Gasteiger partial charge < -0.3 is 14.8 Å². The molecule has 0 aliphatic carbocycles. The van der Waals surface area contributed by atoms with Gasteiger partial charge in [0.05, 0.1) is 13.2 Å². The van der Waals surface area contributed by atoms with Crippen LogP contribution in [0.2, 0.25) is 0 Å². The number of carbonyl (C=O) groups is 1. The zero-order chi connectivity index (χ0) is 14.8. The van der Waals surface area contributed by atoms with Crippen molar-refractivity contribution in [1.82, 2.24) is 5.32 Å². The number of allylic oxidation sites excluding steroid dienone is 1. The summed E-state index contributed by atoms with van der Waals surface area (Å²) in [5.41, 5.74) is 1.11. The first-order valence-electron chi connectivity index (χ1n) is 7.00. The summed E-state index contributed by atoms with van der Waals surface area (Å²) < 4.78 is 11.1. The Morgan fingerprint density at radius 2 is 1.90 bits per heavy atom. The van der Waals surface area contributed by atoms with E-state index < -0.39 is 0 Å². The third-order valence-corrected chi connectivity index (χ3v) is 2.64. The van der Waals surface area contributed by atoms with Gasteiger partial charge in [0, 0.05) is 6.54 Å². The lowest BCUT2D eigenvalue weighted by molar-refractivity contribution is -0.116. The molecule has 20 heavy (non-hydrogen) atoms. The standard InChI is InChI=1S/C16H23NO3/c1-4-7-16(18)17-11-10-13-8-9-14(19-5-2)15(12-13)20-6-3/h4,7-9,12H,5-6,10-11H2,1-3H3,(H,17,18)/b7-4+. The summed E-state index contributed by atoms with van der Waals surface area (Å²) in [5, 5.41) is 2.83. The zero-order valence-electron chi connectivity index (χ0n) is 12.4. The summed E-state index contributed by atoms with van der Waals surface area (Å²) in [6, 6.07) is 5.88. The molecule has 0 aromatic heterocycles. The molecular formula is C16H23NO3. The van der Waals surface area contributed by atoms with Crippen LogP contribution in [0.15, 0.2) is 30.4 Å². The van der Waals surface area contributed by atoms with Crippen LogP contribution >= 0.6 is 0 Å². The molecule has 0 fully saturated rings. The molecule has 0 saturated carbocycles. The first kappa shape index (κ1) is 16.1. The van der Waals surface area contributed by atoms with Gasteiger partial charge in [0.1, 0.15) is 0 Å². The number of rotatable bonds is 8. The van der Waals surface area contributed by atoms with Gasteiger partial charge in [0.15, 0.2) is 11.5 Å². The van der Waals surface area contributed by atoms with E-state index in [1.165, 1.54) is 6.08 Å². The Morgan fingerprint density at radius 3 is 2.55 bits per heavy atom. The smallest absolute Gasteiger partial charge is 0.243 e. The number of hydrogen-bond donors (Lipinski definition) is 1. The Hall–Kier alpha value is -1.97. The molecule has 1 amide bonds. The highest BCUT2D eigenvalue weighted by atomic mass is 16.5. The zero-order valence-corrected chi connectivity index (χ0v) is 12.4. The van der Waals surface area contributed by atoms with Crippen molar-refractivity contribution in [3.63, 3.8) is 0 Å². The second kappa shape index (κ2) is 9.02. The molecule has 0 aliphatic heterocycles. The van der Waals surface area contributed by atoms with Gasteiger partial charge in [-0.05, 0) is 51.0 Å². The van der Waals surface area contributed by atoms with E-state index in [9.17, 15) is 4.79 Å². The maximum atomic E-state index is 11.3. The molecule has 4 heteroatoms. The summed E-state index contributed by atoms with van der Waals surface area (Å²) in [7, 11) is 0. The summed E-state index contributed by atoms with van der Waals surface area (Å²) in [4.78, 5) is 11.3. The van der Waals surface area contributed by atoms with E-state index >= 15 is 0 Å². The number of carbonyl (C=O) groups excluding carboxylic acids is 1. The fourth-order valence-corrected chi connectivity index (χ4v) is 1.79. The average molecular weight is 277 g/mol. The fraction of sp³-hybridized carbons (Fsp3) is 0.438. The summed E-state index contributed by atoms with van der Waals surface area (Å²) in [5.74, 6) is 1.45. The Bertz CT molecular complexity index is 455. The Kier molecular flexibility index (Phi) is 7.25. The molecule has 1 aromatic carbocycles. The lowest BCUT2D eigenvalue weighted by Gasteiger charge is -2.12. The largest absolute Gasteiger partial charge is 0.490 e. The lowest BCUT2D eigenvalue weighted by Crippen LogP contribution is -2.23. The van der Waals surface area contributed by atoms with Gasteiger partial charge in [-0.1, -0.05) is 12.1 Å². The molecule has 110 valence electrons. The van der Waals surface area contributed by atoms with Crippen molar-refractivity contribution in [3.05, 3.63) is 35.9 Å². The van der Waals surface area contributed by atoms with Crippen molar-refractivity contribution >= 4 is 5.91 Å². The van der Waals surface area contributed by atoms with Crippen LogP contribution in [-0.2, 0) is 11.2 Å². The number of hydrogen-bond acceptors (Lipinski definition) is 3. The van der Waals surface area contributed by atoms with Crippen LogP contribution in [0.3, 0.4) is 0 Å². The minimum Gasteiger partial charge on any atom is -0.490 e. The maximum Gasteiger partial charge on any atom is 0.243 e. The van der Waals surface area contributed by atoms with Crippen molar-refractivity contribution in [2.24, 2.45) is 0 Å². The molecule has 0 radical (unpaired) electrons. The molecular weight excluding hydrogens is 254 g/mol. The quantitative estimate of drug-likeness (QED) is 0.743. The van der Waals surface area contributed by atoms with Crippen LogP contribution in [0.25, 0.3) is 0 Å². The first-order valence-corrected chi connectivity index (χ1v) is 7.00.